The van der Waals surface area contributed by atoms with E-state index in [0.29, 0.717) is 19.5 Å². The molecule has 1 heterocycles. The van der Waals surface area contributed by atoms with Crippen molar-refractivity contribution in [2.24, 2.45) is 5.73 Å². The standard InChI is InChI=1S/C17H22N2OS.ClH/c18-10-12-19(11-8-15-4-2-1-3-5-15)17(20)7-6-16-9-13-21-14-16;/h1-5,9,13-14H,6-8,10-12,18H2;1H. The van der Waals surface area contributed by atoms with Crippen LogP contribution in [0.5, 0.6) is 0 Å². The van der Waals surface area contributed by atoms with Gasteiger partial charge in [-0.1, -0.05) is 30.3 Å². The fourth-order valence-corrected chi connectivity index (χ4v) is 2.97. The number of carbonyl (C=O) groups excluding carboxylic acids is 1. The topological polar surface area (TPSA) is 46.3 Å². The minimum absolute atomic E-state index is 0. The number of benzene rings is 1. The highest BCUT2D eigenvalue weighted by Crippen LogP contribution is 2.10. The molecule has 3 nitrogen and oxygen atoms in total. The van der Waals surface area contributed by atoms with Crippen LogP contribution in [0.3, 0.4) is 0 Å². The number of carbonyl (C=O) groups is 1. The predicted molar refractivity (Wildman–Crippen MR) is 95.7 cm³/mol. The van der Waals surface area contributed by atoms with Crippen LogP contribution in [0.4, 0.5) is 0 Å². The molecule has 0 fully saturated rings. The van der Waals surface area contributed by atoms with Crippen LogP contribution in [0.25, 0.3) is 0 Å². The lowest BCUT2D eigenvalue weighted by atomic mass is 10.1. The molecule has 2 aromatic rings. The van der Waals surface area contributed by atoms with Crippen molar-refractivity contribution in [3.8, 4) is 0 Å². The molecule has 0 aliphatic heterocycles. The Balaban J connectivity index is 0.00000242. The molecule has 0 saturated carbocycles. The molecule has 1 aromatic heterocycles. The SMILES string of the molecule is Cl.NCCN(CCc1ccccc1)C(=O)CCc1ccsc1. The Morgan fingerprint density at radius 1 is 1.05 bits per heavy atom. The fourth-order valence-electron chi connectivity index (χ4n) is 2.27. The Bertz CT molecular complexity index is 531. The Labute approximate surface area is 142 Å². The Hall–Kier alpha value is -1.36. The molecule has 0 radical (unpaired) electrons. The number of nitrogens with zero attached hydrogens (tertiary/aromatic N) is 1. The van der Waals surface area contributed by atoms with Crippen molar-refractivity contribution in [1.29, 1.82) is 0 Å². The number of amides is 1. The van der Waals surface area contributed by atoms with E-state index in [-0.39, 0.29) is 18.3 Å². The lowest BCUT2D eigenvalue weighted by Gasteiger charge is -2.22. The fraction of sp³-hybridized carbons (Fsp3) is 0.353. The van der Waals surface area contributed by atoms with E-state index in [1.807, 2.05) is 28.5 Å². The molecular formula is C17H23ClN2OS. The molecule has 1 aromatic carbocycles. The number of hydrogen-bond donors (Lipinski definition) is 1. The first kappa shape index (κ1) is 18.7. The van der Waals surface area contributed by atoms with Gasteiger partial charge in [0.1, 0.15) is 0 Å². The van der Waals surface area contributed by atoms with Crippen molar-refractivity contribution >= 4 is 29.7 Å². The van der Waals surface area contributed by atoms with Crippen LogP contribution in [0.1, 0.15) is 17.5 Å². The van der Waals surface area contributed by atoms with Gasteiger partial charge in [-0.15, -0.1) is 12.4 Å². The van der Waals surface area contributed by atoms with E-state index in [1.165, 1.54) is 11.1 Å². The zero-order valence-corrected chi connectivity index (χ0v) is 14.2. The largest absolute Gasteiger partial charge is 0.341 e. The third-order valence-electron chi connectivity index (χ3n) is 3.47. The second kappa shape index (κ2) is 10.4. The number of halogens is 1. The molecule has 0 spiro atoms. The molecule has 0 bridgehead atoms. The summed E-state index contributed by atoms with van der Waals surface area (Å²) in [6.45, 7) is 1.89. The second-order valence-electron chi connectivity index (χ2n) is 5.04. The van der Waals surface area contributed by atoms with E-state index in [2.05, 4.69) is 23.6 Å². The van der Waals surface area contributed by atoms with Crippen molar-refractivity contribution in [2.75, 3.05) is 19.6 Å². The maximum Gasteiger partial charge on any atom is 0.222 e. The summed E-state index contributed by atoms with van der Waals surface area (Å²) in [4.78, 5) is 14.2. The quantitative estimate of drug-likeness (QED) is 0.803. The molecule has 1 amide bonds. The average molecular weight is 339 g/mol. The summed E-state index contributed by atoms with van der Waals surface area (Å²) < 4.78 is 0. The highest BCUT2D eigenvalue weighted by molar-refractivity contribution is 7.07. The van der Waals surface area contributed by atoms with E-state index in [0.717, 1.165) is 19.4 Å². The number of nitrogens with two attached hydrogens (primary N) is 1. The first-order valence-corrected chi connectivity index (χ1v) is 8.26. The van der Waals surface area contributed by atoms with Gasteiger partial charge in [-0.2, -0.15) is 11.3 Å². The van der Waals surface area contributed by atoms with Gasteiger partial charge in [-0.3, -0.25) is 4.79 Å². The molecule has 0 saturated heterocycles. The van der Waals surface area contributed by atoms with Crippen LogP contribution in [0, 0.1) is 0 Å². The minimum atomic E-state index is 0. The number of rotatable bonds is 8. The smallest absolute Gasteiger partial charge is 0.222 e. The normalized spacial score (nSPS) is 10.0. The number of hydrogen-bond acceptors (Lipinski definition) is 3. The minimum Gasteiger partial charge on any atom is -0.341 e. The highest BCUT2D eigenvalue weighted by Gasteiger charge is 2.12. The molecule has 2 N–H and O–H groups in total. The monoisotopic (exact) mass is 338 g/mol. The van der Waals surface area contributed by atoms with Gasteiger partial charge < -0.3 is 10.6 Å². The first-order chi connectivity index (χ1) is 10.3. The van der Waals surface area contributed by atoms with Gasteiger partial charge in [0.2, 0.25) is 5.91 Å². The molecule has 0 atom stereocenters. The van der Waals surface area contributed by atoms with E-state index in [4.69, 9.17) is 5.73 Å². The Morgan fingerprint density at radius 3 is 2.45 bits per heavy atom. The molecule has 0 aliphatic rings. The summed E-state index contributed by atoms with van der Waals surface area (Å²) in [6, 6.07) is 12.3. The Morgan fingerprint density at radius 2 is 1.82 bits per heavy atom. The zero-order valence-electron chi connectivity index (χ0n) is 12.6. The van der Waals surface area contributed by atoms with Gasteiger partial charge in [-0.05, 0) is 40.8 Å². The molecule has 120 valence electrons. The van der Waals surface area contributed by atoms with Crippen molar-refractivity contribution in [3.63, 3.8) is 0 Å². The lowest BCUT2D eigenvalue weighted by Crippen LogP contribution is -2.37. The lowest BCUT2D eigenvalue weighted by molar-refractivity contribution is -0.131. The summed E-state index contributed by atoms with van der Waals surface area (Å²) in [7, 11) is 0. The van der Waals surface area contributed by atoms with Gasteiger partial charge in [0.15, 0.2) is 0 Å². The summed E-state index contributed by atoms with van der Waals surface area (Å²) in [5.41, 5.74) is 8.13. The van der Waals surface area contributed by atoms with Crippen LogP contribution in [0.15, 0.2) is 47.2 Å². The number of thiophene rings is 1. The molecule has 0 aliphatic carbocycles. The van der Waals surface area contributed by atoms with Crippen molar-refractivity contribution < 1.29 is 4.79 Å². The van der Waals surface area contributed by atoms with Crippen LogP contribution in [0.2, 0.25) is 0 Å². The summed E-state index contributed by atoms with van der Waals surface area (Å²) in [5, 5.41) is 4.15. The van der Waals surface area contributed by atoms with Crippen molar-refractivity contribution in [2.45, 2.75) is 19.3 Å². The zero-order chi connectivity index (χ0) is 14.9. The maximum absolute atomic E-state index is 12.3. The van der Waals surface area contributed by atoms with E-state index < -0.39 is 0 Å². The summed E-state index contributed by atoms with van der Waals surface area (Å²) in [6.07, 6.45) is 2.26. The molecule has 22 heavy (non-hydrogen) atoms. The molecular weight excluding hydrogens is 316 g/mol. The van der Waals surface area contributed by atoms with Gasteiger partial charge in [0.25, 0.3) is 0 Å². The first-order valence-electron chi connectivity index (χ1n) is 7.32. The van der Waals surface area contributed by atoms with Crippen molar-refractivity contribution in [1.82, 2.24) is 4.90 Å². The second-order valence-corrected chi connectivity index (χ2v) is 5.82. The predicted octanol–water partition coefficient (Wildman–Crippen LogP) is 3.13. The molecule has 5 heteroatoms. The van der Waals surface area contributed by atoms with E-state index >= 15 is 0 Å². The van der Waals surface area contributed by atoms with Crippen LogP contribution >= 0.6 is 23.7 Å². The Kier molecular flexibility index (Phi) is 8.82. The van der Waals surface area contributed by atoms with E-state index in [9.17, 15) is 4.79 Å². The van der Waals surface area contributed by atoms with Gasteiger partial charge in [0, 0.05) is 26.1 Å². The van der Waals surface area contributed by atoms with Gasteiger partial charge in [-0.25, -0.2) is 0 Å². The molecule has 0 unspecified atom stereocenters. The maximum atomic E-state index is 12.3. The van der Waals surface area contributed by atoms with E-state index in [1.54, 1.807) is 11.3 Å². The number of aryl methyl sites for hydroxylation is 1. The molecule has 2 rings (SSSR count). The van der Waals surface area contributed by atoms with Crippen molar-refractivity contribution in [3.05, 3.63) is 58.3 Å². The summed E-state index contributed by atoms with van der Waals surface area (Å²) >= 11 is 1.67. The average Bonchev–Trinajstić information content (AvgIpc) is 3.03. The van der Waals surface area contributed by atoms with Crippen LogP contribution in [-0.2, 0) is 17.6 Å². The third-order valence-corrected chi connectivity index (χ3v) is 4.20. The third kappa shape index (κ3) is 6.18. The van der Waals surface area contributed by atoms with Crippen LogP contribution in [-0.4, -0.2) is 30.4 Å². The van der Waals surface area contributed by atoms with Gasteiger partial charge in [0.05, 0.1) is 0 Å². The summed E-state index contributed by atoms with van der Waals surface area (Å²) in [5.74, 6) is 0.197. The highest BCUT2D eigenvalue weighted by atomic mass is 35.5. The van der Waals surface area contributed by atoms with Gasteiger partial charge >= 0.3 is 0 Å². The van der Waals surface area contributed by atoms with Crippen LogP contribution < -0.4 is 5.73 Å².